The van der Waals surface area contributed by atoms with E-state index in [1.165, 1.54) is 11.3 Å². The standard InChI is InChI=1S/C21H22N6O3S2/c22-18-17(23-19(29)15-7-4-12-31-15)20(30)25-21(24-18)32-13-16(28)27-10-8-26(9-11-27)14-5-2-1-3-6-14/h1-7,12H,8-11,13H2,(H,23,29)(H3,22,24,25,30). The van der Waals surface area contributed by atoms with Crippen molar-refractivity contribution in [3.63, 3.8) is 0 Å². The van der Waals surface area contributed by atoms with Crippen molar-refractivity contribution in [1.82, 2.24) is 14.9 Å². The summed E-state index contributed by atoms with van der Waals surface area (Å²) in [5.41, 5.74) is 6.38. The maximum atomic E-state index is 12.6. The number of para-hydroxylation sites is 1. The Hall–Kier alpha value is -3.31. The van der Waals surface area contributed by atoms with Crippen molar-refractivity contribution in [3.8, 4) is 0 Å². The quantitative estimate of drug-likeness (QED) is 0.372. The van der Waals surface area contributed by atoms with E-state index in [1.807, 2.05) is 23.1 Å². The van der Waals surface area contributed by atoms with E-state index in [9.17, 15) is 14.4 Å². The molecule has 1 aromatic carbocycles. The number of aromatic nitrogens is 2. The lowest BCUT2D eigenvalue weighted by atomic mass is 10.2. The van der Waals surface area contributed by atoms with Crippen molar-refractivity contribution in [1.29, 1.82) is 0 Å². The molecule has 11 heteroatoms. The summed E-state index contributed by atoms with van der Waals surface area (Å²) >= 11 is 2.36. The van der Waals surface area contributed by atoms with Gasteiger partial charge in [-0.3, -0.25) is 19.4 Å². The first-order valence-corrected chi connectivity index (χ1v) is 11.8. The van der Waals surface area contributed by atoms with E-state index in [1.54, 1.807) is 17.5 Å². The molecular weight excluding hydrogens is 448 g/mol. The van der Waals surface area contributed by atoms with Gasteiger partial charge in [0.1, 0.15) is 0 Å². The first kappa shape index (κ1) is 21.9. The van der Waals surface area contributed by atoms with E-state index in [4.69, 9.17) is 5.73 Å². The van der Waals surface area contributed by atoms with Crippen LogP contribution < -0.4 is 21.5 Å². The number of thioether (sulfide) groups is 1. The minimum atomic E-state index is -0.561. The number of nitrogens with two attached hydrogens (primary N) is 1. The highest BCUT2D eigenvalue weighted by Gasteiger charge is 2.22. The number of hydrogen-bond acceptors (Lipinski definition) is 8. The van der Waals surface area contributed by atoms with E-state index in [0.29, 0.717) is 18.0 Å². The highest BCUT2D eigenvalue weighted by Crippen LogP contribution is 2.20. The van der Waals surface area contributed by atoms with Gasteiger partial charge in [0.05, 0.1) is 10.6 Å². The number of nitrogens with one attached hydrogen (secondary N) is 2. The molecule has 3 aromatic rings. The lowest BCUT2D eigenvalue weighted by molar-refractivity contribution is -0.128. The van der Waals surface area contributed by atoms with Crippen LogP contribution in [0.5, 0.6) is 0 Å². The minimum Gasteiger partial charge on any atom is -0.382 e. The summed E-state index contributed by atoms with van der Waals surface area (Å²) in [7, 11) is 0. The van der Waals surface area contributed by atoms with Gasteiger partial charge in [-0.2, -0.15) is 0 Å². The summed E-state index contributed by atoms with van der Waals surface area (Å²) in [4.78, 5) is 48.4. The number of hydrogen-bond donors (Lipinski definition) is 3. The number of rotatable bonds is 6. The Balaban J connectivity index is 1.31. The number of aromatic amines is 1. The van der Waals surface area contributed by atoms with Crippen LogP contribution in [0.1, 0.15) is 9.67 Å². The Kier molecular flexibility index (Phi) is 6.76. The van der Waals surface area contributed by atoms with Crippen molar-refractivity contribution in [2.45, 2.75) is 5.16 Å². The molecule has 1 fully saturated rings. The van der Waals surface area contributed by atoms with Crippen LogP contribution in [-0.2, 0) is 4.79 Å². The molecule has 9 nitrogen and oxygen atoms in total. The van der Waals surface area contributed by atoms with E-state index in [-0.39, 0.29) is 28.3 Å². The van der Waals surface area contributed by atoms with Crippen LogP contribution >= 0.6 is 23.1 Å². The third-order valence-corrected chi connectivity index (χ3v) is 6.72. The van der Waals surface area contributed by atoms with Crippen molar-refractivity contribution in [2.75, 3.05) is 47.9 Å². The molecular formula is C21H22N6O3S2. The molecule has 2 aromatic heterocycles. The molecule has 3 heterocycles. The molecule has 0 aliphatic carbocycles. The molecule has 0 unspecified atom stereocenters. The van der Waals surface area contributed by atoms with Crippen LogP contribution in [0.15, 0.2) is 57.8 Å². The average molecular weight is 471 g/mol. The number of amides is 2. The zero-order chi connectivity index (χ0) is 22.5. The second-order valence-corrected chi connectivity index (χ2v) is 8.97. The van der Waals surface area contributed by atoms with Crippen LogP contribution in [0.2, 0.25) is 0 Å². The summed E-state index contributed by atoms with van der Waals surface area (Å²) in [6.07, 6.45) is 0. The fourth-order valence-electron chi connectivity index (χ4n) is 3.32. The molecule has 166 valence electrons. The van der Waals surface area contributed by atoms with Gasteiger partial charge in [-0.15, -0.1) is 11.3 Å². The molecule has 0 saturated carbocycles. The first-order valence-electron chi connectivity index (χ1n) is 9.96. The number of H-pyrrole nitrogens is 1. The number of anilines is 3. The summed E-state index contributed by atoms with van der Waals surface area (Å²) in [6, 6.07) is 13.5. The van der Waals surface area contributed by atoms with Crippen LogP contribution in [-0.4, -0.2) is 58.6 Å². The molecule has 1 aliphatic rings. The zero-order valence-electron chi connectivity index (χ0n) is 17.1. The summed E-state index contributed by atoms with van der Waals surface area (Å²) in [5.74, 6) is -0.414. The SMILES string of the molecule is Nc1nc(SCC(=O)N2CCN(c3ccccc3)CC2)[nH]c(=O)c1NC(=O)c1cccs1. The number of carbonyl (C=O) groups excluding carboxylic acids is 2. The highest BCUT2D eigenvalue weighted by molar-refractivity contribution is 7.99. The second kappa shape index (κ2) is 9.88. The Bertz CT molecular complexity index is 1140. The van der Waals surface area contributed by atoms with Gasteiger partial charge in [0.2, 0.25) is 5.91 Å². The molecule has 0 radical (unpaired) electrons. The van der Waals surface area contributed by atoms with Gasteiger partial charge < -0.3 is 20.9 Å². The molecule has 2 amide bonds. The van der Waals surface area contributed by atoms with Crippen LogP contribution in [0, 0.1) is 0 Å². The number of nitrogen functional groups attached to an aromatic ring is 1. The Labute approximate surface area is 192 Å². The molecule has 1 saturated heterocycles. The third-order valence-electron chi connectivity index (χ3n) is 5.00. The van der Waals surface area contributed by atoms with Crippen LogP contribution in [0.3, 0.4) is 0 Å². The summed E-state index contributed by atoms with van der Waals surface area (Å²) < 4.78 is 0. The molecule has 0 bridgehead atoms. The number of thiophene rings is 1. The predicted molar refractivity (Wildman–Crippen MR) is 128 cm³/mol. The van der Waals surface area contributed by atoms with E-state index >= 15 is 0 Å². The minimum absolute atomic E-state index is 0.0287. The number of carbonyl (C=O) groups is 2. The first-order chi connectivity index (χ1) is 15.5. The van der Waals surface area contributed by atoms with E-state index < -0.39 is 11.5 Å². The Morgan fingerprint density at radius 3 is 2.53 bits per heavy atom. The highest BCUT2D eigenvalue weighted by atomic mass is 32.2. The monoisotopic (exact) mass is 470 g/mol. The molecule has 4 N–H and O–H groups in total. The third kappa shape index (κ3) is 5.11. The number of nitrogens with zero attached hydrogens (tertiary/aromatic N) is 3. The fourth-order valence-corrected chi connectivity index (χ4v) is 4.70. The van der Waals surface area contributed by atoms with Crippen LogP contribution in [0.25, 0.3) is 0 Å². The lowest BCUT2D eigenvalue weighted by Crippen LogP contribution is -2.49. The van der Waals surface area contributed by atoms with Crippen molar-refractivity contribution < 1.29 is 9.59 Å². The largest absolute Gasteiger partial charge is 0.382 e. The zero-order valence-corrected chi connectivity index (χ0v) is 18.7. The average Bonchev–Trinajstić information content (AvgIpc) is 3.36. The van der Waals surface area contributed by atoms with Crippen LogP contribution in [0.4, 0.5) is 17.2 Å². The molecule has 32 heavy (non-hydrogen) atoms. The van der Waals surface area contributed by atoms with Crippen molar-refractivity contribution in [3.05, 3.63) is 63.1 Å². The number of benzene rings is 1. The van der Waals surface area contributed by atoms with Gasteiger partial charge in [-0.05, 0) is 23.6 Å². The lowest BCUT2D eigenvalue weighted by Gasteiger charge is -2.36. The maximum Gasteiger partial charge on any atom is 0.277 e. The Morgan fingerprint density at radius 2 is 1.88 bits per heavy atom. The second-order valence-electron chi connectivity index (χ2n) is 7.05. The van der Waals surface area contributed by atoms with Gasteiger partial charge in [-0.1, -0.05) is 36.0 Å². The van der Waals surface area contributed by atoms with Gasteiger partial charge in [0, 0.05) is 31.9 Å². The van der Waals surface area contributed by atoms with Gasteiger partial charge >= 0.3 is 0 Å². The van der Waals surface area contributed by atoms with E-state index in [2.05, 4.69) is 32.3 Å². The molecule has 1 aliphatic heterocycles. The molecule has 0 spiro atoms. The summed E-state index contributed by atoms with van der Waals surface area (Å²) in [5, 5.41) is 4.49. The van der Waals surface area contributed by atoms with Crippen molar-refractivity contribution >= 4 is 52.1 Å². The smallest absolute Gasteiger partial charge is 0.277 e. The fraction of sp³-hybridized carbons (Fsp3) is 0.238. The molecule has 4 rings (SSSR count). The molecule has 0 atom stereocenters. The van der Waals surface area contributed by atoms with Gasteiger partial charge in [0.25, 0.3) is 11.5 Å². The topological polar surface area (TPSA) is 124 Å². The number of piperazine rings is 1. The predicted octanol–water partition coefficient (Wildman–Crippen LogP) is 2.11. The van der Waals surface area contributed by atoms with Gasteiger partial charge in [-0.25, -0.2) is 4.98 Å². The van der Waals surface area contributed by atoms with Gasteiger partial charge in [0.15, 0.2) is 16.7 Å². The summed E-state index contributed by atoms with van der Waals surface area (Å²) in [6.45, 7) is 2.80. The maximum absolute atomic E-state index is 12.6. The van der Waals surface area contributed by atoms with Crippen molar-refractivity contribution in [2.24, 2.45) is 0 Å². The normalized spacial score (nSPS) is 13.8. The Morgan fingerprint density at radius 1 is 1.12 bits per heavy atom. The van der Waals surface area contributed by atoms with E-state index in [0.717, 1.165) is 30.5 Å².